The van der Waals surface area contributed by atoms with Crippen molar-refractivity contribution in [3.8, 4) is 5.75 Å². The molecule has 1 N–H and O–H groups in total. The van der Waals surface area contributed by atoms with Gasteiger partial charge in [0.15, 0.2) is 0 Å². The summed E-state index contributed by atoms with van der Waals surface area (Å²) in [7, 11) is 0. The van der Waals surface area contributed by atoms with Crippen LogP contribution in [0.4, 0.5) is 11.4 Å². The highest BCUT2D eigenvalue weighted by molar-refractivity contribution is 6.07. The molecule has 0 saturated carbocycles. The van der Waals surface area contributed by atoms with Gasteiger partial charge < -0.3 is 29.3 Å². The van der Waals surface area contributed by atoms with Gasteiger partial charge in [0, 0.05) is 31.0 Å². The zero-order chi connectivity index (χ0) is 33.3. The summed E-state index contributed by atoms with van der Waals surface area (Å²) in [6.45, 7) is 12.3. The first-order valence-corrected chi connectivity index (χ1v) is 16.5. The smallest absolute Gasteiger partial charge is 0.253 e. The third-order valence-electron chi connectivity index (χ3n) is 10.2. The molecule has 2 unspecified atom stereocenters. The van der Waals surface area contributed by atoms with Crippen molar-refractivity contribution in [2.75, 3.05) is 42.6 Å². The summed E-state index contributed by atoms with van der Waals surface area (Å²) in [6, 6.07) is 20.0. The highest BCUT2D eigenvalue weighted by atomic mass is 16.5. The van der Waals surface area contributed by atoms with Crippen molar-refractivity contribution in [2.24, 2.45) is 11.8 Å². The van der Waals surface area contributed by atoms with E-state index in [1.54, 1.807) is 22.0 Å². The third-order valence-corrected chi connectivity index (χ3v) is 10.2. The lowest BCUT2D eigenvalue weighted by Gasteiger charge is -2.37. The maximum atomic E-state index is 14.8. The van der Waals surface area contributed by atoms with Gasteiger partial charge in [-0.2, -0.15) is 0 Å². The number of fused-ring (bicyclic) bond motifs is 2. The number of carbonyl (C=O) groups is 3. The highest BCUT2D eigenvalue weighted by Gasteiger charge is 2.79. The third kappa shape index (κ3) is 5.22. The summed E-state index contributed by atoms with van der Waals surface area (Å²) in [6.07, 6.45) is 4.80. The lowest BCUT2D eigenvalue weighted by molar-refractivity contribution is -0.146. The summed E-state index contributed by atoms with van der Waals surface area (Å²) >= 11 is 0. The van der Waals surface area contributed by atoms with Gasteiger partial charge >= 0.3 is 0 Å². The van der Waals surface area contributed by atoms with Crippen LogP contribution in [0.15, 0.2) is 92.0 Å². The Balaban J connectivity index is 1.41. The topological polar surface area (TPSA) is 99.6 Å². The predicted octanol–water partition coefficient (Wildman–Crippen LogP) is 5.12. The van der Waals surface area contributed by atoms with E-state index in [9.17, 15) is 19.5 Å². The molecule has 3 aliphatic rings. The van der Waals surface area contributed by atoms with Gasteiger partial charge in [-0.1, -0.05) is 49.4 Å². The Morgan fingerprint density at radius 3 is 2.26 bits per heavy atom. The predicted molar refractivity (Wildman–Crippen MR) is 182 cm³/mol. The number of ether oxygens (including phenoxy) is 2. The van der Waals surface area contributed by atoms with E-state index < -0.39 is 29.1 Å². The highest BCUT2D eigenvalue weighted by Crippen LogP contribution is 2.64. The van der Waals surface area contributed by atoms with Crippen LogP contribution in [0.1, 0.15) is 33.1 Å². The molecule has 3 aromatic carbocycles. The van der Waals surface area contributed by atoms with Crippen LogP contribution in [0.3, 0.4) is 0 Å². The van der Waals surface area contributed by atoms with Crippen molar-refractivity contribution in [1.82, 2.24) is 4.90 Å². The number of rotatable bonds is 13. The molecule has 3 fully saturated rings. The second-order valence-electron chi connectivity index (χ2n) is 12.5. The molecular formula is C38H43N3O6. The van der Waals surface area contributed by atoms with E-state index >= 15 is 0 Å². The van der Waals surface area contributed by atoms with Crippen LogP contribution in [0.2, 0.25) is 0 Å². The van der Waals surface area contributed by atoms with Crippen molar-refractivity contribution < 1.29 is 29.0 Å². The number of aliphatic hydroxyl groups is 1. The monoisotopic (exact) mass is 637 g/mol. The molecule has 0 aromatic heterocycles. The van der Waals surface area contributed by atoms with Crippen molar-refractivity contribution in [1.29, 1.82) is 0 Å². The maximum Gasteiger partial charge on any atom is 0.253 e. The molecule has 6 rings (SSSR count). The summed E-state index contributed by atoms with van der Waals surface area (Å²) in [5.74, 6) is -1.93. The Bertz CT molecular complexity index is 1690. The van der Waals surface area contributed by atoms with Crippen LogP contribution in [-0.4, -0.2) is 77.8 Å². The molecule has 2 bridgehead atoms. The first-order valence-electron chi connectivity index (χ1n) is 16.5. The van der Waals surface area contributed by atoms with E-state index in [1.165, 1.54) is 4.90 Å². The van der Waals surface area contributed by atoms with E-state index in [-0.39, 0.29) is 44.0 Å². The van der Waals surface area contributed by atoms with Crippen LogP contribution in [0, 0.1) is 11.8 Å². The normalized spacial score (nSPS) is 25.9. The van der Waals surface area contributed by atoms with Gasteiger partial charge in [0.2, 0.25) is 11.8 Å². The standard InChI is InChI=1S/C38H43N3O6/c1-5-21-39(28-15-17-30(18-16-28)46-8-4)34(43)31-32-35(44)41(23-24-42)33(38(32)20-19-37(31,7-3)47-38)36(45)40(22-6-2)29-14-13-26-11-9-10-12-27(26)25-29/h5-6,9-18,25,31-33,42H,1-2,7-8,19-24H2,3-4H3/t31-,32-,33?,37+,38?/m0/s1. The van der Waals surface area contributed by atoms with Crippen LogP contribution in [-0.2, 0) is 19.1 Å². The fourth-order valence-electron chi connectivity index (χ4n) is 8.17. The molecule has 0 radical (unpaired) electrons. The van der Waals surface area contributed by atoms with Crippen LogP contribution in [0.5, 0.6) is 5.75 Å². The zero-order valence-electron chi connectivity index (χ0n) is 27.1. The number of benzene rings is 3. The number of hydrogen-bond donors (Lipinski definition) is 1. The van der Waals surface area contributed by atoms with E-state index in [1.807, 2.05) is 80.6 Å². The van der Waals surface area contributed by atoms with Crippen molar-refractivity contribution >= 4 is 39.9 Å². The number of amides is 3. The lowest BCUT2D eigenvalue weighted by Crippen LogP contribution is -2.57. The van der Waals surface area contributed by atoms with Gasteiger partial charge in [0.1, 0.15) is 17.4 Å². The minimum atomic E-state index is -1.23. The Labute approximate surface area is 276 Å². The molecule has 5 atom stereocenters. The molecule has 3 amide bonds. The van der Waals surface area contributed by atoms with Crippen molar-refractivity contribution in [3.63, 3.8) is 0 Å². The van der Waals surface area contributed by atoms with Gasteiger partial charge in [-0.15, -0.1) is 13.2 Å². The fourth-order valence-corrected chi connectivity index (χ4v) is 8.17. The molecule has 3 saturated heterocycles. The van der Waals surface area contributed by atoms with E-state index in [4.69, 9.17) is 9.47 Å². The SMILES string of the molecule is C=CCN(C(=O)C1N(CCO)C(=O)[C@@H]2[C@@H](C(=O)N(CC=C)c3ccc(OCC)cc3)[C@@]3(CC)CCC12O3)c1ccc2ccccc2c1. The molecule has 9 heteroatoms. The number of hydrogen-bond acceptors (Lipinski definition) is 6. The number of carbonyl (C=O) groups excluding carboxylic acids is 3. The number of anilines is 2. The quantitative estimate of drug-likeness (QED) is 0.261. The Hall–Kier alpha value is -4.47. The first-order chi connectivity index (χ1) is 22.8. The summed E-state index contributed by atoms with van der Waals surface area (Å²) in [4.78, 5) is 48.8. The molecule has 1 spiro atoms. The molecule has 9 nitrogen and oxygen atoms in total. The molecule has 3 aliphatic heterocycles. The average molecular weight is 638 g/mol. The second kappa shape index (κ2) is 13.0. The van der Waals surface area contributed by atoms with Gasteiger partial charge in [-0.25, -0.2) is 0 Å². The number of likely N-dealkylation sites (tertiary alicyclic amines) is 1. The number of β-amino-alcohol motifs (C(OH)–C–C–N with tert-alkyl or cyclic N) is 1. The van der Waals surface area contributed by atoms with Crippen LogP contribution >= 0.6 is 0 Å². The van der Waals surface area contributed by atoms with Crippen molar-refractivity contribution in [3.05, 3.63) is 92.0 Å². The Morgan fingerprint density at radius 2 is 1.62 bits per heavy atom. The van der Waals surface area contributed by atoms with Gasteiger partial charge in [0.05, 0.1) is 30.7 Å². The van der Waals surface area contributed by atoms with Crippen LogP contribution < -0.4 is 14.5 Å². The van der Waals surface area contributed by atoms with Gasteiger partial charge in [-0.3, -0.25) is 14.4 Å². The Kier molecular flexibility index (Phi) is 8.96. The minimum absolute atomic E-state index is 0.0498. The molecule has 246 valence electrons. The molecule has 3 heterocycles. The van der Waals surface area contributed by atoms with Gasteiger partial charge in [0.25, 0.3) is 5.91 Å². The summed E-state index contributed by atoms with van der Waals surface area (Å²) in [5.41, 5.74) is -0.824. The summed E-state index contributed by atoms with van der Waals surface area (Å²) in [5, 5.41) is 12.1. The molecule has 3 aromatic rings. The lowest BCUT2D eigenvalue weighted by atomic mass is 9.64. The Morgan fingerprint density at radius 1 is 0.957 bits per heavy atom. The van der Waals surface area contributed by atoms with Gasteiger partial charge in [-0.05, 0) is 73.4 Å². The van der Waals surface area contributed by atoms with E-state index in [2.05, 4.69) is 13.2 Å². The maximum absolute atomic E-state index is 14.8. The zero-order valence-corrected chi connectivity index (χ0v) is 27.1. The largest absolute Gasteiger partial charge is 0.494 e. The average Bonchev–Trinajstić information content (AvgIpc) is 3.69. The second-order valence-corrected chi connectivity index (χ2v) is 12.5. The number of nitrogens with zero attached hydrogens (tertiary/aromatic N) is 3. The van der Waals surface area contributed by atoms with Crippen molar-refractivity contribution in [2.45, 2.75) is 50.4 Å². The molecular weight excluding hydrogens is 594 g/mol. The minimum Gasteiger partial charge on any atom is -0.494 e. The fraction of sp³-hybridized carbons (Fsp3) is 0.395. The first kappa shape index (κ1) is 32.5. The van der Waals surface area contributed by atoms with E-state index in [0.717, 1.165) is 10.8 Å². The van der Waals surface area contributed by atoms with E-state index in [0.29, 0.717) is 43.0 Å². The number of aliphatic hydroxyl groups excluding tert-OH is 1. The molecule has 47 heavy (non-hydrogen) atoms. The molecule has 0 aliphatic carbocycles. The summed E-state index contributed by atoms with van der Waals surface area (Å²) < 4.78 is 12.6. The van der Waals surface area contributed by atoms with Crippen LogP contribution in [0.25, 0.3) is 10.8 Å².